The minimum Gasteiger partial charge on any atom is -0.494 e. The number of pyridine rings is 2. The van der Waals surface area contributed by atoms with Gasteiger partial charge in [-0.3, -0.25) is 14.8 Å². The van der Waals surface area contributed by atoms with Crippen molar-refractivity contribution < 1.29 is 9.53 Å². The van der Waals surface area contributed by atoms with Crippen LogP contribution in [0.25, 0.3) is 10.9 Å². The number of para-hydroxylation sites is 1. The normalized spacial score (nSPS) is 10.4. The van der Waals surface area contributed by atoms with Gasteiger partial charge in [-0.05, 0) is 18.2 Å². The third-order valence-electron chi connectivity index (χ3n) is 3.34. The Kier molecular flexibility index (Phi) is 3.96. The van der Waals surface area contributed by atoms with Crippen molar-refractivity contribution in [1.29, 1.82) is 0 Å². The molecule has 0 aliphatic carbocycles. The maximum Gasteiger partial charge on any atom is 0.256 e. The van der Waals surface area contributed by atoms with Gasteiger partial charge in [-0.15, -0.1) is 0 Å². The van der Waals surface area contributed by atoms with Crippen LogP contribution in [-0.4, -0.2) is 23.0 Å². The van der Waals surface area contributed by atoms with Crippen LogP contribution in [0.3, 0.4) is 0 Å². The number of fused-ring (bicyclic) bond motifs is 1. The Morgan fingerprint density at radius 1 is 1.14 bits per heavy atom. The van der Waals surface area contributed by atoms with Gasteiger partial charge in [-0.25, -0.2) is 0 Å². The Labute approximate surface area is 128 Å². The summed E-state index contributed by atoms with van der Waals surface area (Å²) >= 11 is 0. The van der Waals surface area contributed by atoms with Crippen LogP contribution in [0, 0.1) is 0 Å². The first-order chi connectivity index (χ1) is 10.8. The van der Waals surface area contributed by atoms with Gasteiger partial charge in [-0.1, -0.05) is 24.3 Å². The molecule has 1 amide bonds. The molecule has 0 unspecified atom stereocenters. The van der Waals surface area contributed by atoms with Gasteiger partial charge >= 0.3 is 0 Å². The van der Waals surface area contributed by atoms with Gasteiger partial charge in [0.05, 0.1) is 36.6 Å². The highest BCUT2D eigenvalue weighted by atomic mass is 16.5. The second-order valence-electron chi connectivity index (χ2n) is 4.72. The summed E-state index contributed by atoms with van der Waals surface area (Å²) in [5.41, 5.74) is 2.04. The monoisotopic (exact) mass is 293 g/mol. The lowest BCUT2D eigenvalue weighted by molar-refractivity contribution is 0.0949. The highest BCUT2D eigenvalue weighted by molar-refractivity contribution is 6.08. The van der Waals surface area contributed by atoms with Crippen molar-refractivity contribution in [1.82, 2.24) is 15.3 Å². The third-order valence-corrected chi connectivity index (χ3v) is 3.34. The van der Waals surface area contributed by atoms with Crippen molar-refractivity contribution in [2.24, 2.45) is 0 Å². The third kappa shape index (κ3) is 2.74. The second kappa shape index (κ2) is 6.22. The molecule has 5 nitrogen and oxygen atoms in total. The molecule has 0 fully saturated rings. The molecular formula is C17H15N3O2. The zero-order valence-electron chi connectivity index (χ0n) is 12.1. The SMILES string of the molecule is COc1cnc2ccccc2c1C(=O)NCc1ccccn1. The molecule has 22 heavy (non-hydrogen) atoms. The number of aromatic nitrogens is 2. The fourth-order valence-electron chi connectivity index (χ4n) is 2.27. The zero-order chi connectivity index (χ0) is 15.4. The van der Waals surface area contributed by atoms with E-state index in [1.807, 2.05) is 42.5 Å². The number of benzene rings is 1. The predicted molar refractivity (Wildman–Crippen MR) is 83.7 cm³/mol. The van der Waals surface area contributed by atoms with Gasteiger partial charge < -0.3 is 10.1 Å². The molecule has 0 aliphatic rings. The van der Waals surface area contributed by atoms with E-state index in [4.69, 9.17) is 4.74 Å². The van der Waals surface area contributed by atoms with Gasteiger partial charge in [-0.2, -0.15) is 0 Å². The van der Waals surface area contributed by atoms with Crippen LogP contribution in [0.2, 0.25) is 0 Å². The Morgan fingerprint density at radius 2 is 1.95 bits per heavy atom. The van der Waals surface area contributed by atoms with Gasteiger partial charge in [0.1, 0.15) is 0 Å². The van der Waals surface area contributed by atoms with E-state index >= 15 is 0 Å². The van der Waals surface area contributed by atoms with Gasteiger partial charge in [0.2, 0.25) is 0 Å². The lowest BCUT2D eigenvalue weighted by Crippen LogP contribution is -2.24. The van der Waals surface area contributed by atoms with Crippen LogP contribution in [-0.2, 0) is 6.54 Å². The number of hydrogen-bond acceptors (Lipinski definition) is 4. The van der Waals surface area contributed by atoms with Crippen molar-refractivity contribution in [3.05, 3.63) is 66.1 Å². The predicted octanol–water partition coefficient (Wildman–Crippen LogP) is 2.57. The summed E-state index contributed by atoms with van der Waals surface area (Å²) in [5.74, 6) is 0.248. The van der Waals surface area contributed by atoms with Crippen molar-refractivity contribution >= 4 is 16.8 Å². The summed E-state index contributed by atoms with van der Waals surface area (Å²) in [4.78, 5) is 21.1. The summed E-state index contributed by atoms with van der Waals surface area (Å²) in [6.07, 6.45) is 3.27. The minimum atomic E-state index is -0.207. The first kappa shape index (κ1) is 14.0. The number of hydrogen-bond donors (Lipinski definition) is 1. The van der Waals surface area contributed by atoms with E-state index in [9.17, 15) is 4.79 Å². The van der Waals surface area contributed by atoms with E-state index in [2.05, 4.69) is 15.3 Å². The molecule has 0 atom stereocenters. The molecule has 0 spiro atoms. The van der Waals surface area contributed by atoms with Crippen LogP contribution in [0.15, 0.2) is 54.9 Å². The quantitative estimate of drug-likeness (QED) is 0.803. The standard InChI is InChI=1S/C17H15N3O2/c1-22-15-11-19-14-8-3-2-7-13(14)16(15)17(21)20-10-12-6-4-5-9-18-12/h2-9,11H,10H2,1H3,(H,20,21). The Bertz CT molecular complexity index is 803. The molecule has 110 valence electrons. The number of methoxy groups -OCH3 is 1. The molecule has 2 heterocycles. The summed E-state index contributed by atoms with van der Waals surface area (Å²) in [6.45, 7) is 0.361. The molecule has 0 aliphatic heterocycles. The van der Waals surface area contributed by atoms with E-state index in [1.165, 1.54) is 7.11 Å². The second-order valence-corrected chi connectivity index (χ2v) is 4.72. The first-order valence-corrected chi connectivity index (χ1v) is 6.89. The zero-order valence-corrected chi connectivity index (χ0v) is 12.1. The van der Waals surface area contributed by atoms with Crippen molar-refractivity contribution in [2.75, 3.05) is 7.11 Å². The maximum atomic E-state index is 12.6. The topological polar surface area (TPSA) is 64.1 Å². The number of ether oxygens (including phenoxy) is 1. The van der Waals surface area contributed by atoms with E-state index in [1.54, 1.807) is 12.4 Å². The number of carbonyl (C=O) groups is 1. The van der Waals surface area contributed by atoms with Gasteiger partial charge in [0, 0.05) is 11.6 Å². The van der Waals surface area contributed by atoms with Crippen molar-refractivity contribution in [3.63, 3.8) is 0 Å². The van der Waals surface area contributed by atoms with Crippen LogP contribution >= 0.6 is 0 Å². The van der Waals surface area contributed by atoms with E-state index < -0.39 is 0 Å². The van der Waals surface area contributed by atoms with E-state index in [0.29, 0.717) is 17.9 Å². The van der Waals surface area contributed by atoms with Crippen LogP contribution < -0.4 is 10.1 Å². The highest BCUT2D eigenvalue weighted by Crippen LogP contribution is 2.25. The van der Waals surface area contributed by atoms with Gasteiger partial charge in [0.25, 0.3) is 5.91 Å². The molecule has 0 saturated heterocycles. The fraction of sp³-hybridized carbons (Fsp3) is 0.118. The lowest BCUT2D eigenvalue weighted by atomic mass is 10.1. The Morgan fingerprint density at radius 3 is 2.73 bits per heavy atom. The maximum absolute atomic E-state index is 12.6. The molecule has 3 rings (SSSR count). The number of rotatable bonds is 4. The Balaban J connectivity index is 1.92. The summed E-state index contributed by atoms with van der Waals surface area (Å²) in [7, 11) is 1.53. The molecule has 2 aromatic heterocycles. The average Bonchev–Trinajstić information content (AvgIpc) is 2.59. The lowest BCUT2D eigenvalue weighted by Gasteiger charge is -2.11. The molecule has 0 bridgehead atoms. The molecule has 1 N–H and O–H groups in total. The van der Waals surface area contributed by atoms with Crippen molar-refractivity contribution in [3.8, 4) is 5.75 Å². The molecular weight excluding hydrogens is 278 g/mol. The fourth-order valence-corrected chi connectivity index (χ4v) is 2.27. The number of amides is 1. The van der Waals surface area contributed by atoms with E-state index in [0.717, 1.165) is 16.6 Å². The molecule has 3 aromatic rings. The summed E-state index contributed by atoms with van der Waals surface area (Å²) < 4.78 is 5.29. The van der Waals surface area contributed by atoms with Crippen LogP contribution in [0.5, 0.6) is 5.75 Å². The largest absolute Gasteiger partial charge is 0.494 e. The van der Waals surface area contributed by atoms with Gasteiger partial charge in [0.15, 0.2) is 5.75 Å². The van der Waals surface area contributed by atoms with Crippen LogP contribution in [0.1, 0.15) is 16.1 Å². The average molecular weight is 293 g/mol. The minimum absolute atomic E-state index is 0.207. The molecule has 0 radical (unpaired) electrons. The summed E-state index contributed by atoms with van der Waals surface area (Å²) in [5, 5.41) is 3.64. The summed E-state index contributed by atoms with van der Waals surface area (Å²) in [6, 6.07) is 13.1. The molecule has 0 saturated carbocycles. The number of nitrogens with one attached hydrogen (secondary N) is 1. The number of nitrogens with zero attached hydrogens (tertiary/aromatic N) is 2. The number of carbonyl (C=O) groups excluding carboxylic acids is 1. The Hall–Kier alpha value is -2.95. The molecule has 1 aromatic carbocycles. The molecule has 5 heteroatoms. The van der Waals surface area contributed by atoms with E-state index in [-0.39, 0.29) is 5.91 Å². The van der Waals surface area contributed by atoms with Crippen molar-refractivity contribution in [2.45, 2.75) is 6.54 Å². The first-order valence-electron chi connectivity index (χ1n) is 6.89. The smallest absolute Gasteiger partial charge is 0.256 e. The highest BCUT2D eigenvalue weighted by Gasteiger charge is 2.16. The van der Waals surface area contributed by atoms with Crippen LogP contribution in [0.4, 0.5) is 0 Å².